The van der Waals surface area contributed by atoms with Crippen molar-refractivity contribution in [3.05, 3.63) is 42.0 Å². The van der Waals surface area contributed by atoms with Crippen molar-refractivity contribution in [3.63, 3.8) is 0 Å². The van der Waals surface area contributed by atoms with E-state index in [1.165, 1.54) is 0 Å². The molecule has 0 aromatic heterocycles. The number of aliphatic hydroxyl groups excluding tert-OH is 1. The Balaban J connectivity index is 2.65. The van der Waals surface area contributed by atoms with E-state index in [-0.39, 0.29) is 11.5 Å². The summed E-state index contributed by atoms with van der Waals surface area (Å²) in [5, 5.41) is 11.0. The maximum Gasteiger partial charge on any atom is 0.241 e. The molecule has 0 fully saturated rings. The minimum absolute atomic E-state index is 0.244. The van der Waals surface area contributed by atoms with Gasteiger partial charge >= 0.3 is 0 Å². The third-order valence-corrected chi connectivity index (χ3v) is 5.39. The molecule has 2 rings (SSSR count). The van der Waals surface area contributed by atoms with Crippen molar-refractivity contribution in [3.8, 4) is 0 Å². The van der Waals surface area contributed by atoms with Gasteiger partial charge in [0.1, 0.15) is 0 Å². The molecule has 0 saturated heterocycles. The number of aliphatic hydroxyl groups is 1. The van der Waals surface area contributed by atoms with Crippen molar-refractivity contribution in [1.29, 1.82) is 0 Å². The summed E-state index contributed by atoms with van der Waals surface area (Å²) in [4.78, 5) is 0.244. The number of benzene rings is 2. The molecule has 5 heteroatoms. The van der Waals surface area contributed by atoms with E-state index in [1.54, 1.807) is 19.9 Å². The Hall–Kier alpha value is -1.43. The van der Waals surface area contributed by atoms with E-state index in [0.29, 0.717) is 11.3 Å². The van der Waals surface area contributed by atoms with Gasteiger partial charge in [-0.15, -0.1) is 0 Å². The second kappa shape index (κ2) is 5.99. The number of hydrogen-bond donors (Lipinski definition) is 2. The van der Waals surface area contributed by atoms with Gasteiger partial charge < -0.3 is 5.11 Å². The van der Waals surface area contributed by atoms with E-state index in [1.807, 2.05) is 30.3 Å². The first-order chi connectivity index (χ1) is 10.2. The zero-order valence-corrected chi connectivity index (χ0v) is 14.2. The molecule has 2 N–H and O–H groups in total. The molecule has 4 nitrogen and oxygen atoms in total. The summed E-state index contributed by atoms with van der Waals surface area (Å²) in [6, 6.07) is 11.0. The molecule has 0 aliphatic heterocycles. The van der Waals surface area contributed by atoms with Gasteiger partial charge in [-0.1, -0.05) is 44.2 Å². The van der Waals surface area contributed by atoms with Gasteiger partial charge in [-0.3, -0.25) is 0 Å². The number of hydrogen-bond acceptors (Lipinski definition) is 3. The van der Waals surface area contributed by atoms with Gasteiger partial charge in [-0.05, 0) is 36.8 Å². The van der Waals surface area contributed by atoms with Gasteiger partial charge in [0.2, 0.25) is 10.0 Å². The monoisotopic (exact) mass is 321 g/mol. The lowest BCUT2D eigenvalue weighted by Crippen LogP contribution is -2.46. The van der Waals surface area contributed by atoms with Crippen LogP contribution in [0.3, 0.4) is 0 Å². The van der Waals surface area contributed by atoms with Crippen LogP contribution in [-0.4, -0.2) is 25.7 Å². The quantitative estimate of drug-likeness (QED) is 0.889. The first-order valence-electron chi connectivity index (χ1n) is 7.34. The summed E-state index contributed by atoms with van der Waals surface area (Å²) >= 11 is 0. The fourth-order valence-corrected chi connectivity index (χ4v) is 4.10. The zero-order chi connectivity index (χ0) is 16.5. The molecular weight excluding hydrogens is 298 g/mol. The Morgan fingerprint density at radius 1 is 1.09 bits per heavy atom. The van der Waals surface area contributed by atoms with Gasteiger partial charge in [0.15, 0.2) is 0 Å². The van der Waals surface area contributed by atoms with E-state index in [9.17, 15) is 13.5 Å². The van der Waals surface area contributed by atoms with Crippen molar-refractivity contribution < 1.29 is 13.5 Å². The normalized spacial score (nSPS) is 13.0. The van der Waals surface area contributed by atoms with Crippen LogP contribution in [0.15, 0.2) is 41.3 Å². The lowest BCUT2D eigenvalue weighted by Gasteiger charge is -2.24. The second-order valence-electron chi connectivity index (χ2n) is 6.50. The zero-order valence-electron chi connectivity index (χ0n) is 13.4. The highest BCUT2D eigenvalue weighted by Crippen LogP contribution is 2.30. The Kier molecular flexibility index (Phi) is 4.61. The van der Waals surface area contributed by atoms with Crippen LogP contribution >= 0.6 is 0 Å². The highest BCUT2D eigenvalue weighted by Gasteiger charge is 2.27. The molecule has 0 aliphatic rings. The van der Waals surface area contributed by atoms with Crippen molar-refractivity contribution in [2.45, 2.75) is 44.0 Å². The molecule has 0 radical (unpaired) electrons. The van der Waals surface area contributed by atoms with Crippen molar-refractivity contribution in [2.75, 3.05) is 6.61 Å². The van der Waals surface area contributed by atoms with Crippen LogP contribution < -0.4 is 4.72 Å². The van der Waals surface area contributed by atoms with Crippen molar-refractivity contribution >= 4 is 20.8 Å². The van der Waals surface area contributed by atoms with Gasteiger partial charge in [-0.2, -0.15) is 0 Å². The van der Waals surface area contributed by atoms with Gasteiger partial charge in [0, 0.05) is 5.39 Å². The predicted octanol–water partition coefficient (Wildman–Crippen LogP) is 3.01. The third kappa shape index (κ3) is 3.32. The van der Waals surface area contributed by atoms with E-state index in [0.717, 1.165) is 10.9 Å². The number of sulfonamides is 1. The Morgan fingerprint density at radius 2 is 1.68 bits per heavy atom. The Morgan fingerprint density at radius 3 is 2.23 bits per heavy atom. The fraction of sp³-hybridized carbons (Fsp3) is 0.412. The summed E-state index contributed by atoms with van der Waals surface area (Å²) in [7, 11) is -3.71. The highest BCUT2D eigenvalue weighted by molar-refractivity contribution is 7.89. The predicted molar refractivity (Wildman–Crippen MR) is 89.5 cm³/mol. The first kappa shape index (κ1) is 16.9. The van der Waals surface area contributed by atoms with Crippen molar-refractivity contribution in [1.82, 2.24) is 4.72 Å². The third-order valence-electron chi connectivity index (χ3n) is 3.64. The molecule has 2 aromatic carbocycles. The smallest absolute Gasteiger partial charge is 0.241 e. The maximum atomic E-state index is 12.7. The number of fused-ring (bicyclic) bond motifs is 1. The van der Waals surface area contributed by atoms with Crippen LogP contribution in [0, 0.1) is 0 Å². The summed E-state index contributed by atoms with van der Waals surface area (Å²) in [6.07, 6.45) is 0. The number of nitrogens with one attached hydrogen (secondary N) is 1. The van der Waals surface area contributed by atoms with Gasteiger partial charge in [0.25, 0.3) is 0 Å². The number of rotatable bonds is 5. The Bertz CT molecular complexity index is 780. The molecule has 0 aliphatic carbocycles. The molecule has 120 valence electrons. The minimum Gasteiger partial charge on any atom is -0.394 e. The van der Waals surface area contributed by atoms with Crippen molar-refractivity contribution in [2.24, 2.45) is 0 Å². The molecular formula is C17H23NO3S. The molecule has 0 atom stereocenters. The van der Waals surface area contributed by atoms with E-state index in [2.05, 4.69) is 18.6 Å². The molecule has 0 heterocycles. The van der Waals surface area contributed by atoms with Crippen LogP contribution in [0.1, 0.15) is 39.2 Å². The molecule has 0 saturated carbocycles. The average Bonchev–Trinajstić information content (AvgIpc) is 2.44. The largest absolute Gasteiger partial charge is 0.394 e. The summed E-state index contributed by atoms with van der Waals surface area (Å²) in [6.45, 7) is 7.20. The van der Waals surface area contributed by atoms with Crippen LogP contribution in [-0.2, 0) is 10.0 Å². The molecule has 0 bridgehead atoms. The summed E-state index contributed by atoms with van der Waals surface area (Å²) in [5.74, 6) is 0.309. The lowest BCUT2D eigenvalue weighted by atomic mass is 9.96. The van der Waals surface area contributed by atoms with Gasteiger partial charge in [0.05, 0.1) is 17.0 Å². The molecule has 0 amide bonds. The Labute approximate surface area is 132 Å². The van der Waals surface area contributed by atoms with E-state index >= 15 is 0 Å². The van der Waals surface area contributed by atoms with Crippen LogP contribution in [0.5, 0.6) is 0 Å². The second-order valence-corrected chi connectivity index (χ2v) is 8.15. The SMILES string of the molecule is CC(C)c1ccc(S(=O)(=O)NC(C)(C)CO)c2ccccc12. The highest BCUT2D eigenvalue weighted by atomic mass is 32.2. The van der Waals surface area contributed by atoms with E-state index < -0.39 is 15.6 Å². The van der Waals surface area contributed by atoms with Crippen LogP contribution in [0.4, 0.5) is 0 Å². The first-order valence-corrected chi connectivity index (χ1v) is 8.83. The van der Waals surface area contributed by atoms with Gasteiger partial charge in [-0.25, -0.2) is 13.1 Å². The molecule has 0 unspecified atom stereocenters. The fourth-order valence-electron chi connectivity index (χ4n) is 2.48. The summed E-state index contributed by atoms with van der Waals surface area (Å²) < 4.78 is 27.9. The average molecular weight is 321 g/mol. The van der Waals surface area contributed by atoms with Crippen LogP contribution in [0.25, 0.3) is 10.8 Å². The minimum atomic E-state index is -3.71. The van der Waals surface area contributed by atoms with Crippen LogP contribution in [0.2, 0.25) is 0 Å². The molecule has 0 spiro atoms. The topological polar surface area (TPSA) is 66.4 Å². The summed E-state index contributed by atoms with van der Waals surface area (Å²) in [5.41, 5.74) is 0.215. The molecule has 2 aromatic rings. The van der Waals surface area contributed by atoms with E-state index in [4.69, 9.17) is 0 Å². The standard InChI is InChI=1S/C17H23NO3S/c1-12(2)13-9-10-16(15-8-6-5-7-14(13)15)22(20,21)18-17(3,4)11-19/h5-10,12,18-19H,11H2,1-4H3. The maximum absolute atomic E-state index is 12.7. The lowest BCUT2D eigenvalue weighted by molar-refractivity contribution is 0.208. The molecule has 22 heavy (non-hydrogen) atoms.